The van der Waals surface area contributed by atoms with Crippen molar-refractivity contribution in [3.63, 3.8) is 0 Å². The molecule has 0 rings (SSSR count). The maximum absolute atomic E-state index is 0. The van der Waals surface area contributed by atoms with Gasteiger partial charge in [0.2, 0.25) is 0 Å². The van der Waals surface area contributed by atoms with Gasteiger partial charge < -0.3 is 0 Å². The van der Waals surface area contributed by atoms with Gasteiger partial charge in [0.15, 0.2) is 0 Å². The molecule has 0 N–H and O–H groups in total. The van der Waals surface area contributed by atoms with E-state index in [1.165, 1.54) is 0 Å². The van der Waals surface area contributed by atoms with Gasteiger partial charge in [0.1, 0.15) is 0 Å². The SMILES string of the molecule is Cl.Cl.Cl.[PbH2].[Ti]. The molecule has 0 aliphatic carbocycles. The van der Waals surface area contributed by atoms with E-state index >= 15 is 0 Å². The number of hydrogen-bond donors (Lipinski definition) is 0. The summed E-state index contributed by atoms with van der Waals surface area (Å²) >= 11 is 0. The second-order valence-corrected chi connectivity index (χ2v) is 0. The summed E-state index contributed by atoms with van der Waals surface area (Å²) in [5, 5.41) is 0. The molecule has 5 heteroatoms. The summed E-state index contributed by atoms with van der Waals surface area (Å²) in [6.45, 7) is 0. The maximum atomic E-state index is 0. The van der Waals surface area contributed by atoms with Crippen LogP contribution >= 0.6 is 37.2 Å². The molecular formula is H5Cl3PbTi. The first-order valence-corrected chi connectivity index (χ1v) is 0. The minimum Gasteiger partial charge on any atom is 0 e. The molecule has 0 aromatic heterocycles. The van der Waals surface area contributed by atoms with Crippen molar-refractivity contribution in [2.75, 3.05) is 0 Å². The van der Waals surface area contributed by atoms with E-state index in [0.717, 1.165) is 0 Å². The van der Waals surface area contributed by atoms with Crippen molar-refractivity contribution in [2.45, 2.75) is 0 Å². The zero-order chi connectivity index (χ0) is 0. The van der Waals surface area contributed by atoms with Gasteiger partial charge in [-0.25, -0.2) is 0 Å². The summed E-state index contributed by atoms with van der Waals surface area (Å²) in [7, 11) is 0. The average molecular weight is 366 g/mol. The first-order chi connectivity index (χ1) is 0. The fourth-order valence-electron chi connectivity index (χ4n) is 0. The fourth-order valence-corrected chi connectivity index (χ4v) is 0. The summed E-state index contributed by atoms with van der Waals surface area (Å²) in [6.07, 6.45) is 0. The van der Waals surface area contributed by atoms with E-state index in [2.05, 4.69) is 0 Å². The monoisotopic (exact) mass is 366 g/mol. The second-order valence-electron chi connectivity index (χ2n) is 0. The Labute approximate surface area is 85.1 Å². The Hall–Kier alpha value is 2.51. The molecule has 0 saturated carbocycles. The predicted octanol–water partition coefficient (Wildman–Crippen LogP) is 0.347. The van der Waals surface area contributed by atoms with Crippen LogP contribution in [-0.2, 0) is 21.7 Å². The molecule has 0 bridgehead atoms. The van der Waals surface area contributed by atoms with E-state index in [-0.39, 0.29) is 86.2 Å². The molecule has 0 spiro atoms. The third kappa shape index (κ3) is 21.0. The molecule has 0 atom stereocenters. The molecule has 34 valence electrons. The van der Waals surface area contributed by atoms with Gasteiger partial charge in [0.05, 0.1) is 0 Å². The van der Waals surface area contributed by atoms with Crippen molar-refractivity contribution in [3.8, 4) is 0 Å². The molecule has 0 nitrogen and oxygen atoms in total. The van der Waals surface area contributed by atoms with E-state index < -0.39 is 0 Å². The van der Waals surface area contributed by atoms with E-state index in [1.807, 2.05) is 0 Å². The minimum absolute atomic E-state index is 0. The molecule has 0 heterocycles. The van der Waals surface area contributed by atoms with Crippen LogP contribution in [0.15, 0.2) is 0 Å². The zero-order valence-corrected chi connectivity index (χ0v) is 11.9. The summed E-state index contributed by atoms with van der Waals surface area (Å²) < 4.78 is 0. The van der Waals surface area contributed by atoms with Crippen LogP contribution in [0.1, 0.15) is 0 Å². The van der Waals surface area contributed by atoms with Gasteiger partial charge in [-0.05, 0) is 0 Å². The van der Waals surface area contributed by atoms with Crippen molar-refractivity contribution in [3.05, 3.63) is 0 Å². The zero-order valence-electron chi connectivity index (χ0n) is 2.43. The van der Waals surface area contributed by atoms with Crippen LogP contribution in [0.25, 0.3) is 0 Å². The Bertz CT molecular complexity index is 6.85. The smallest absolute Gasteiger partial charge is 0 e. The standard InChI is InChI=1S/3ClH.Pb.Ti.2H/h3*1H;;;;. The van der Waals surface area contributed by atoms with E-state index in [1.54, 1.807) is 0 Å². The van der Waals surface area contributed by atoms with Crippen molar-refractivity contribution in [1.82, 2.24) is 0 Å². The molecule has 0 amide bonds. The summed E-state index contributed by atoms with van der Waals surface area (Å²) in [5.41, 5.74) is 0. The van der Waals surface area contributed by atoms with Gasteiger partial charge in [-0.15, -0.1) is 37.2 Å². The number of rotatable bonds is 0. The third-order valence-electron chi connectivity index (χ3n) is 0. The van der Waals surface area contributed by atoms with Crippen molar-refractivity contribution in [1.29, 1.82) is 0 Å². The Morgan fingerprint density at radius 1 is 0.600 bits per heavy atom. The summed E-state index contributed by atoms with van der Waals surface area (Å²) in [4.78, 5) is 0. The van der Waals surface area contributed by atoms with Gasteiger partial charge in [-0.3, -0.25) is 0 Å². The van der Waals surface area contributed by atoms with Gasteiger partial charge in [0, 0.05) is 21.7 Å². The van der Waals surface area contributed by atoms with Crippen molar-refractivity contribution >= 4 is 64.5 Å². The Kier molecular flexibility index (Phi) is 318. The van der Waals surface area contributed by atoms with Crippen LogP contribution in [0, 0.1) is 0 Å². The van der Waals surface area contributed by atoms with Crippen LogP contribution in [0.4, 0.5) is 0 Å². The minimum atomic E-state index is 0. The van der Waals surface area contributed by atoms with E-state index in [0.29, 0.717) is 0 Å². The van der Waals surface area contributed by atoms with Crippen molar-refractivity contribution in [2.24, 2.45) is 0 Å². The summed E-state index contributed by atoms with van der Waals surface area (Å²) in [5.74, 6) is 0. The molecule has 0 saturated heterocycles. The molecular weight excluding hydrogens is 361 g/mol. The van der Waals surface area contributed by atoms with Gasteiger partial charge >= 0.3 is 27.3 Å². The average Bonchev–Trinajstić information content (AvgIpc) is 0. The molecule has 5 heavy (non-hydrogen) atoms. The fraction of sp³-hybridized carbons (Fsp3) is 0. The van der Waals surface area contributed by atoms with Gasteiger partial charge in [-0.2, -0.15) is 0 Å². The van der Waals surface area contributed by atoms with Gasteiger partial charge in [0.25, 0.3) is 0 Å². The normalized spacial score (nSPS) is 0. The molecule has 0 aliphatic heterocycles. The second kappa shape index (κ2) is 31.4. The third-order valence-corrected chi connectivity index (χ3v) is 0. The van der Waals surface area contributed by atoms with Gasteiger partial charge in [-0.1, -0.05) is 0 Å². The first kappa shape index (κ1) is 50.6. The van der Waals surface area contributed by atoms with Crippen LogP contribution in [0.5, 0.6) is 0 Å². The largest absolute Gasteiger partial charge is 0 e. The van der Waals surface area contributed by atoms with Crippen LogP contribution in [-0.4, -0.2) is 27.3 Å². The summed E-state index contributed by atoms with van der Waals surface area (Å²) in [6, 6.07) is 0. The van der Waals surface area contributed by atoms with E-state index in [4.69, 9.17) is 0 Å². The Balaban J connectivity index is 0. The predicted molar refractivity (Wildman–Crippen MR) is 30.3 cm³/mol. The maximum Gasteiger partial charge on any atom is 0 e. The van der Waals surface area contributed by atoms with Crippen LogP contribution < -0.4 is 0 Å². The molecule has 0 aromatic carbocycles. The molecule has 0 unspecified atom stereocenters. The first-order valence-electron chi connectivity index (χ1n) is 0. The molecule has 0 aromatic rings. The Morgan fingerprint density at radius 2 is 0.600 bits per heavy atom. The molecule has 2 radical (unpaired) electrons. The number of hydrogen-bond acceptors (Lipinski definition) is 0. The van der Waals surface area contributed by atoms with Crippen molar-refractivity contribution < 1.29 is 21.7 Å². The number of halogens is 3. The van der Waals surface area contributed by atoms with Crippen LogP contribution in [0.3, 0.4) is 0 Å². The van der Waals surface area contributed by atoms with E-state index in [9.17, 15) is 0 Å². The Morgan fingerprint density at radius 3 is 0.600 bits per heavy atom. The molecule has 0 fully saturated rings. The van der Waals surface area contributed by atoms with Crippen LogP contribution in [0.2, 0.25) is 0 Å². The topological polar surface area (TPSA) is 0 Å². The quantitative estimate of drug-likeness (QED) is 0.543. The molecule has 0 aliphatic rings.